The van der Waals surface area contributed by atoms with Crippen molar-refractivity contribution in [3.8, 4) is 6.07 Å². The van der Waals surface area contributed by atoms with Crippen LogP contribution >= 0.6 is 0 Å². The van der Waals surface area contributed by atoms with Gasteiger partial charge in [0, 0.05) is 6.42 Å². The van der Waals surface area contributed by atoms with Gasteiger partial charge in [0.15, 0.2) is 0 Å². The summed E-state index contributed by atoms with van der Waals surface area (Å²) in [7, 11) is 0. The third kappa shape index (κ3) is 2.38. The molecule has 0 amide bonds. The van der Waals surface area contributed by atoms with E-state index in [1.165, 1.54) is 12.1 Å². The van der Waals surface area contributed by atoms with Gasteiger partial charge in [0.25, 0.3) is 0 Å². The van der Waals surface area contributed by atoms with E-state index in [-0.39, 0.29) is 5.56 Å². The van der Waals surface area contributed by atoms with Crippen LogP contribution in [-0.2, 0) is 11.2 Å². The van der Waals surface area contributed by atoms with Crippen molar-refractivity contribution in [3.63, 3.8) is 0 Å². The number of aryl methyl sites for hydroxylation is 1. The third-order valence-corrected chi connectivity index (χ3v) is 1.70. The second-order valence-corrected chi connectivity index (χ2v) is 2.63. The predicted octanol–water partition coefficient (Wildman–Crippen LogP) is 1.83. The highest BCUT2D eigenvalue weighted by Gasteiger charge is 2.01. The van der Waals surface area contributed by atoms with E-state index in [2.05, 4.69) is 0 Å². The summed E-state index contributed by atoms with van der Waals surface area (Å²) in [6.45, 7) is 0. The first-order chi connectivity index (χ1) is 6.27. The summed E-state index contributed by atoms with van der Waals surface area (Å²) in [4.78, 5) is 10.1. The van der Waals surface area contributed by atoms with Crippen LogP contribution in [0.15, 0.2) is 18.2 Å². The van der Waals surface area contributed by atoms with Crippen molar-refractivity contribution in [1.82, 2.24) is 0 Å². The van der Waals surface area contributed by atoms with E-state index in [0.29, 0.717) is 12.8 Å². The molecule has 2 nitrogen and oxygen atoms in total. The highest BCUT2D eigenvalue weighted by molar-refractivity contribution is 5.50. The molecule has 0 aliphatic rings. The van der Waals surface area contributed by atoms with E-state index in [9.17, 15) is 9.18 Å². The topological polar surface area (TPSA) is 40.9 Å². The first kappa shape index (κ1) is 9.40. The Bertz CT molecular complexity index is 354. The van der Waals surface area contributed by atoms with Gasteiger partial charge in [-0.2, -0.15) is 5.26 Å². The average Bonchev–Trinajstić information content (AvgIpc) is 2.16. The van der Waals surface area contributed by atoms with Crippen molar-refractivity contribution in [2.24, 2.45) is 0 Å². The van der Waals surface area contributed by atoms with Crippen LogP contribution in [0.1, 0.15) is 17.5 Å². The van der Waals surface area contributed by atoms with Gasteiger partial charge >= 0.3 is 0 Å². The molecular weight excluding hydrogens is 169 g/mol. The number of aldehydes is 1. The molecule has 1 aromatic rings. The Kier molecular flexibility index (Phi) is 3.15. The lowest BCUT2D eigenvalue weighted by Crippen LogP contribution is -1.90. The van der Waals surface area contributed by atoms with E-state index in [1.807, 2.05) is 0 Å². The number of hydrogen-bond acceptors (Lipinski definition) is 2. The third-order valence-electron chi connectivity index (χ3n) is 1.70. The molecule has 66 valence electrons. The minimum atomic E-state index is -0.516. The summed E-state index contributed by atoms with van der Waals surface area (Å²) in [5, 5.41) is 8.51. The molecule has 0 aromatic heterocycles. The fourth-order valence-electron chi connectivity index (χ4n) is 1.04. The molecule has 0 unspecified atom stereocenters. The Balaban J connectivity index is 2.87. The van der Waals surface area contributed by atoms with Crippen molar-refractivity contribution < 1.29 is 9.18 Å². The lowest BCUT2D eigenvalue weighted by Gasteiger charge is -1.98. The molecule has 0 atom stereocenters. The Morgan fingerprint density at radius 1 is 1.54 bits per heavy atom. The van der Waals surface area contributed by atoms with Gasteiger partial charge in [-0.15, -0.1) is 0 Å². The van der Waals surface area contributed by atoms with Crippen molar-refractivity contribution in [2.75, 3.05) is 0 Å². The first-order valence-electron chi connectivity index (χ1n) is 3.90. The van der Waals surface area contributed by atoms with Crippen LogP contribution in [0.3, 0.4) is 0 Å². The molecule has 0 saturated carbocycles. The molecule has 0 radical (unpaired) electrons. The van der Waals surface area contributed by atoms with Gasteiger partial charge in [-0.3, -0.25) is 0 Å². The van der Waals surface area contributed by atoms with Gasteiger partial charge in [-0.05, 0) is 24.1 Å². The summed E-state index contributed by atoms with van der Waals surface area (Å²) in [6.07, 6.45) is 1.75. The molecule has 0 fully saturated rings. The molecule has 0 heterocycles. The van der Waals surface area contributed by atoms with Crippen LogP contribution in [0.4, 0.5) is 4.39 Å². The maximum Gasteiger partial charge on any atom is 0.140 e. The summed E-state index contributed by atoms with van der Waals surface area (Å²) in [6, 6.07) is 6.05. The van der Waals surface area contributed by atoms with E-state index in [4.69, 9.17) is 5.26 Å². The Morgan fingerprint density at radius 2 is 2.31 bits per heavy atom. The lowest BCUT2D eigenvalue weighted by atomic mass is 10.1. The second-order valence-electron chi connectivity index (χ2n) is 2.63. The lowest BCUT2D eigenvalue weighted by molar-refractivity contribution is -0.107. The Labute approximate surface area is 75.6 Å². The van der Waals surface area contributed by atoms with Gasteiger partial charge in [0.1, 0.15) is 18.2 Å². The number of halogens is 1. The largest absolute Gasteiger partial charge is 0.303 e. The standard InChI is InChI=1S/C10H8FNO/c11-10-4-3-8(2-1-5-13)6-9(10)7-12/h3-6H,1-2H2. The molecule has 0 N–H and O–H groups in total. The fourth-order valence-corrected chi connectivity index (χ4v) is 1.04. The number of benzene rings is 1. The van der Waals surface area contributed by atoms with Crippen LogP contribution < -0.4 is 0 Å². The molecule has 0 spiro atoms. The summed E-state index contributed by atoms with van der Waals surface area (Å²) < 4.78 is 12.8. The highest BCUT2D eigenvalue weighted by atomic mass is 19.1. The molecule has 0 bridgehead atoms. The van der Waals surface area contributed by atoms with E-state index >= 15 is 0 Å². The SMILES string of the molecule is N#Cc1cc(CCC=O)ccc1F. The second kappa shape index (κ2) is 4.36. The zero-order chi connectivity index (χ0) is 9.68. The van der Waals surface area contributed by atoms with Crippen molar-refractivity contribution in [1.29, 1.82) is 5.26 Å². The maximum atomic E-state index is 12.8. The predicted molar refractivity (Wildman–Crippen MR) is 45.5 cm³/mol. The van der Waals surface area contributed by atoms with E-state index in [0.717, 1.165) is 11.8 Å². The average molecular weight is 177 g/mol. The van der Waals surface area contributed by atoms with Crippen molar-refractivity contribution in [2.45, 2.75) is 12.8 Å². The minimum absolute atomic E-state index is 0.0309. The van der Waals surface area contributed by atoms with Crippen LogP contribution in [0.2, 0.25) is 0 Å². The van der Waals surface area contributed by atoms with Gasteiger partial charge in [-0.1, -0.05) is 6.07 Å². The number of hydrogen-bond donors (Lipinski definition) is 0. The first-order valence-corrected chi connectivity index (χ1v) is 3.90. The van der Waals surface area contributed by atoms with Gasteiger partial charge < -0.3 is 4.79 Å². The monoisotopic (exact) mass is 177 g/mol. The van der Waals surface area contributed by atoms with Crippen molar-refractivity contribution in [3.05, 3.63) is 35.1 Å². The molecule has 1 aromatic carbocycles. The van der Waals surface area contributed by atoms with Crippen molar-refractivity contribution >= 4 is 6.29 Å². The normalized spacial score (nSPS) is 9.23. The van der Waals surface area contributed by atoms with Gasteiger partial charge in [0.05, 0.1) is 5.56 Å². The smallest absolute Gasteiger partial charge is 0.140 e. The zero-order valence-electron chi connectivity index (χ0n) is 6.96. The summed E-state index contributed by atoms with van der Waals surface area (Å²) in [5.74, 6) is -0.516. The molecular formula is C10H8FNO. The molecule has 3 heteroatoms. The molecule has 1 rings (SSSR count). The van der Waals surface area contributed by atoms with Crippen LogP contribution in [0, 0.1) is 17.1 Å². The molecule has 0 aliphatic carbocycles. The Morgan fingerprint density at radius 3 is 2.92 bits per heavy atom. The van der Waals surface area contributed by atoms with Crippen LogP contribution in [0.5, 0.6) is 0 Å². The fraction of sp³-hybridized carbons (Fsp3) is 0.200. The van der Waals surface area contributed by atoms with E-state index in [1.54, 1.807) is 12.1 Å². The minimum Gasteiger partial charge on any atom is -0.303 e. The highest BCUT2D eigenvalue weighted by Crippen LogP contribution is 2.10. The molecule has 0 saturated heterocycles. The van der Waals surface area contributed by atoms with E-state index < -0.39 is 5.82 Å². The van der Waals surface area contributed by atoms with Crippen LogP contribution in [0.25, 0.3) is 0 Å². The number of nitriles is 1. The summed E-state index contributed by atoms with van der Waals surface area (Å²) >= 11 is 0. The quantitative estimate of drug-likeness (QED) is 0.661. The Hall–Kier alpha value is -1.69. The number of carbonyl (C=O) groups is 1. The molecule has 13 heavy (non-hydrogen) atoms. The number of rotatable bonds is 3. The zero-order valence-corrected chi connectivity index (χ0v) is 6.96. The number of carbonyl (C=O) groups excluding carboxylic acids is 1. The van der Waals surface area contributed by atoms with Gasteiger partial charge in [-0.25, -0.2) is 4.39 Å². The number of nitrogens with zero attached hydrogens (tertiary/aromatic N) is 1. The van der Waals surface area contributed by atoms with Crippen LogP contribution in [-0.4, -0.2) is 6.29 Å². The summed E-state index contributed by atoms with van der Waals surface area (Å²) in [5.41, 5.74) is 0.841. The molecule has 0 aliphatic heterocycles. The maximum absolute atomic E-state index is 12.8. The van der Waals surface area contributed by atoms with Gasteiger partial charge in [0.2, 0.25) is 0 Å².